The van der Waals surface area contributed by atoms with Crippen LogP contribution in [-0.4, -0.2) is 18.4 Å². The third-order valence-electron chi connectivity index (χ3n) is 1.27. The smallest absolute Gasteiger partial charge is 0.275 e. The molecule has 1 unspecified atom stereocenters. The van der Waals surface area contributed by atoms with E-state index in [9.17, 15) is 8.42 Å². The highest BCUT2D eigenvalue weighted by atomic mass is 32.2. The van der Waals surface area contributed by atoms with E-state index in [1.807, 2.05) is 0 Å². The van der Waals surface area contributed by atoms with E-state index >= 15 is 0 Å². The lowest BCUT2D eigenvalue weighted by molar-refractivity contribution is 0.563. The van der Waals surface area contributed by atoms with Crippen molar-refractivity contribution in [3.8, 4) is 0 Å². The Balaban J connectivity index is 2.68. The molecule has 0 saturated heterocycles. The minimum absolute atomic E-state index is 0.435. The fourth-order valence-corrected chi connectivity index (χ4v) is 1.42. The Bertz CT molecular complexity index is 330. The molecular weight excluding hydrogens is 180 g/mol. The van der Waals surface area contributed by atoms with Gasteiger partial charge in [0, 0.05) is 12.4 Å². The van der Waals surface area contributed by atoms with E-state index in [0.29, 0.717) is 5.82 Å². The number of hydrogen-bond donors (Lipinski definition) is 3. The van der Waals surface area contributed by atoms with Crippen LogP contribution in [-0.2, 0) is 10.2 Å². The third kappa shape index (κ3) is 2.61. The van der Waals surface area contributed by atoms with Gasteiger partial charge >= 0.3 is 0 Å². The van der Waals surface area contributed by atoms with Crippen LogP contribution in [0, 0.1) is 0 Å². The molecule has 1 heterocycles. The van der Waals surface area contributed by atoms with Crippen molar-refractivity contribution in [3.05, 3.63) is 18.2 Å². The minimum Gasteiger partial charge on any atom is -0.347 e. The van der Waals surface area contributed by atoms with Crippen molar-refractivity contribution < 1.29 is 8.42 Å². The van der Waals surface area contributed by atoms with E-state index in [4.69, 9.17) is 5.14 Å². The highest BCUT2D eigenvalue weighted by molar-refractivity contribution is 7.87. The minimum atomic E-state index is -3.66. The summed E-state index contributed by atoms with van der Waals surface area (Å²) in [6.45, 7) is 1.64. The van der Waals surface area contributed by atoms with Crippen LogP contribution in [0.25, 0.3) is 0 Å². The summed E-state index contributed by atoms with van der Waals surface area (Å²) in [6.07, 6.45) is 3.15. The summed E-state index contributed by atoms with van der Waals surface area (Å²) >= 11 is 0. The molecular formula is C5H10N4O2S. The Morgan fingerprint density at radius 3 is 2.83 bits per heavy atom. The van der Waals surface area contributed by atoms with Gasteiger partial charge < -0.3 is 4.98 Å². The Labute approximate surface area is 70.4 Å². The van der Waals surface area contributed by atoms with Crippen LogP contribution >= 0.6 is 0 Å². The number of nitrogens with zero attached hydrogens (tertiary/aromatic N) is 1. The van der Waals surface area contributed by atoms with Crippen LogP contribution in [0.1, 0.15) is 18.8 Å². The fourth-order valence-electron chi connectivity index (χ4n) is 0.817. The monoisotopic (exact) mass is 190 g/mol. The van der Waals surface area contributed by atoms with E-state index in [1.54, 1.807) is 13.1 Å². The Morgan fingerprint density at radius 2 is 2.42 bits per heavy atom. The van der Waals surface area contributed by atoms with Crippen LogP contribution in [0.15, 0.2) is 12.4 Å². The number of imidazole rings is 1. The second-order valence-electron chi connectivity index (χ2n) is 2.36. The van der Waals surface area contributed by atoms with Gasteiger partial charge in [-0.2, -0.15) is 13.1 Å². The van der Waals surface area contributed by atoms with Crippen molar-refractivity contribution in [2.45, 2.75) is 13.0 Å². The SMILES string of the molecule is CC(NS(N)(=O)=O)c1ncc[nH]1. The molecule has 68 valence electrons. The first-order valence-electron chi connectivity index (χ1n) is 3.28. The normalized spacial score (nSPS) is 14.5. The summed E-state index contributed by atoms with van der Waals surface area (Å²) < 4.78 is 23.3. The van der Waals surface area contributed by atoms with Crippen LogP contribution in [0.3, 0.4) is 0 Å². The molecule has 12 heavy (non-hydrogen) atoms. The van der Waals surface area contributed by atoms with Crippen molar-refractivity contribution in [3.63, 3.8) is 0 Å². The molecule has 4 N–H and O–H groups in total. The van der Waals surface area contributed by atoms with Gasteiger partial charge in [-0.05, 0) is 6.92 Å². The van der Waals surface area contributed by atoms with Crippen molar-refractivity contribution in [1.82, 2.24) is 14.7 Å². The number of H-pyrrole nitrogens is 1. The molecule has 0 radical (unpaired) electrons. The lowest BCUT2D eigenvalue weighted by Crippen LogP contribution is -2.33. The van der Waals surface area contributed by atoms with Crippen molar-refractivity contribution in [2.24, 2.45) is 5.14 Å². The largest absolute Gasteiger partial charge is 0.347 e. The summed E-state index contributed by atoms with van der Waals surface area (Å²) in [6, 6.07) is -0.435. The number of aromatic nitrogens is 2. The van der Waals surface area contributed by atoms with E-state index in [0.717, 1.165) is 0 Å². The maximum absolute atomic E-state index is 10.6. The highest BCUT2D eigenvalue weighted by Crippen LogP contribution is 2.04. The van der Waals surface area contributed by atoms with Gasteiger partial charge in [-0.25, -0.2) is 10.1 Å². The quantitative estimate of drug-likeness (QED) is 0.585. The van der Waals surface area contributed by atoms with Gasteiger partial charge in [-0.3, -0.25) is 0 Å². The van der Waals surface area contributed by atoms with Crippen LogP contribution < -0.4 is 9.86 Å². The Morgan fingerprint density at radius 1 is 1.75 bits per heavy atom. The average molecular weight is 190 g/mol. The number of aromatic amines is 1. The predicted octanol–water partition coefficient (Wildman–Crippen LogP) is -0.736. The molecule has 0 aliphatic rings. The molecule has 0 aliphatic heterocycles. The topological polar surface area (TPSA) is 101 Å². The summed E-state index contributed by atoms with van der Waals surface area (Å²) in [5.41, 5.74) is 0. The molecule has 0 aliphatic carbocycles. The summed E-state index contributed by atoms with van der Waals surface area (Å²) in [5.74, 6) is 0.532. The van der Waals surface area contributed by atoms with Crippen molar-refractivity contribution in [2.75, 3.05) is 0 Å². The van der Waals surface area contributed by atoms with Gasteiger partial charge in [-0.15, -0.1) is 0 Å². The van der Waals surface area contributed by atoms with Gasteiger partial charge in [-0.1, -0.05) is 0 Å². The number of nitrogens with two attached hydrogens (primary N) is 1. The zero-order valence-electron chi connectivity index (χ0n) is 6.48. The van der Waals surface area contributed by atoms with Crippen LogP contribution in [0.2, 0.25) is 0 Å². The zero-order chi connectivity index (χ0) is 9.19. The molecule has 0 amide bonds. The Hall–Kier alpha value is -0.920. The first-order valence-corrected chi connectivity index (χ1v) is 4.83. The number of nitrogens with one attached hydrogen (secondary N) is 2. The van der Waals surface area contributed by atoms with E-state index in [-0.39, 0.29) is 0 Å². The molecule has 1 rings (SSSR count). The van der Waals surface area contributed by atoms with Crippen molar-refractivity contribution >= 4 is 10.2 Å². The molecule has 1 aromatic heterocycles. The standard InChI is InChI=1S/C5H10N4O2S/c1-4(9-12(6,10)11)5-7-2-3-8-5/h2-4,9H,1H3,(H,7,8)(H2,6,10,11). The maximum Gasteiger partial charge on any atom is 0.275 e. The first-order chi connectivity index (χ1) is 5.49. The summed E-state index contributed by atoms with van der Waals surface area (Å²) in [4.78, 5) is 6.63. The van der Waals surface area contributed by atoms with Gasteiger partial charge in [0.05, 0.1) is 6.04 Å². The molecule has 6 nitrogen and oxygen atoms in total. The molecule has 0 fully saturated rings. The second-order valence-corrected chi connectivity index (χ2v) is 3.68. The predicted molar refractivity (Wildman–Crippen MR) is 43.2 cm³/mol. The van der Waals surface area contributed by atoms with Gasteiger partial charge in [0.2, 0.25) is 0 Å². The number of rotatable bonds is 3. The Kier molecular flexibility index (Phi) is 2.46. The summed E-state index contributed by atoms with van der Waals surface area (Å²) in [7, 11) is -3.66. The van der Waals surface area contributed by atoms with Gasteiger partial charge in [0.1, 0.15) is 5.82 Å². The van der Waals surface area contributed by atoms with E-state index in [1.165, 1.54) is 6.20 Å². The number of hydrogen-bond acceptors (Lipinski definition) is 3. The molecule has 0 bridgehead atoms. The molecule has 1 atom stereocenters. The van der Waals surface area contributed by atoms with Gasteiger partial charge in [0.15, 0.2) is 0 Å². The van der Waals surface area contributed by atoms with E-state index in [2.05, 4.69) is 14.7 Å². The molecule has 0 spiro atoms. The lowest BCUT2D eigenvalue weighted by atomic mass is 10.3. The summed E-state index contributed by atoms with van der Waals surface area (Å²) in [5, 5.41) is 4.76. The second kappa shape index (κ2) is 3.21. The lowest BCUT2D eigenvalue weighted by Gasteiger charge is -2.07. The van der Waals surface area contributed by atoms with Crippen LogP contribution in [0.4, 0.5) is 0 Å². The van der Waals surface area contributed by atoms with E-state index < -0.39 is 16.3 Å². The maximum atomic E-state index is 10.6. The molecule has 0 aromatic carbocycles. The average Bonchev–Trinajstić information content (AvgIpc) is 2.32. The fraction of sp³-hybridized carbons (Fsp3) is 0.400. The molecule has 0 saturated carbocycles. The first kappa shape index (κ1) is 9.17. The third-order valence-corrected chi connectivity index (χ3v) is 1.95. The van der Waals surface area contributed by atoms with Crippen LogP contribution in [0.5, 0.6) is 0 Å². The molecule has 1 aromatic rings. The van der Waals surface area contributed by atoms with Gasteiger partial charge in [0.25, 0.3) is 10.2 Å². The molecule has 7 heteroatoms. The van der Waals surface area contributed by atoms with Crippen molar-refractivity contribution in [1.29, 1.82) is 0 Å². The highest BCUT2D eigenvalue weighted by Gasteiger charge is 2.12. The zero-order valence-corrected chi connectivity index (χ0v) is 7.30.